The van der Waals surface area contributed by atoms with E-state index < -0.39 is 10.0 Å². The molecule has 4 N–H and O–H groups in total. The third kappa shape index (κ3) is 4.43. The molecule has 0 unspecified atom stereocenters. The van der Waals surface area contributed by atoms with Crippen molar-refractivity contribution < 1.29 is 8.42 Å². The van der Waals surface area contributed by atoms with Crippen LogP contribution in [0.4, 0.5) is 5.69 Å². The van der Waals surface area contributed by atoms with Gasteiger partial charge >= 0.3 is 0 Å². The van der Waals surface area contributed by atoms with E-state index in [1.807, 2.05) is 12.1 Å². The van der Waals surface area contributed by atoms with E-state index in [4.69, 9.17) is 10.9 Å². The average molecular weight is 311 g/mol. The molecule has 118 valence electrons. The summed E-state index contributed by atoms with van der Waals surface area (Å²) in [4.78, 5) is 2.53. The first-order valence-corrected chi connectivity index (χ1v) is 9.16. The van der Waals surface area contributed by atoms with Gasteiger partial charge in [0.15, 0.2) is 0 Å². The van der Waals surface area contributed by atoms with Crippen LogP contribution in [0.25, 0.3) is 0 Å². The van der Waals surface area contributed by atoms with Gasteiger partial charge in [0, 0.05) is 18.3 Å². The maximum absolute atomic E-state index is 11.3. The molecule has 0 radical (unpaired) electrons. The molecule has 6 heteroatoms. The van der Waals surface area contributed by atoms with Gasteiger partial charge in [-0.25, -0.2) is 13.6 Å². The van der Waals surface area contributed by atoms with Crippen LogP contribution in [0.2, 0.25) is 0 Å². The van der Waals surface area contributed by atoms with Crippen molar-refractivity contribution in [1.82, 2.24) is 0 Å². The van der Waals surface area contributed by atoms with E-state index in [0.29, 0.717) is 12.6 Å². The quantitative estimate of drug-likeness (QED) is 0.838. The van der Waals surface area contributed by atoms with Crippen molar-refractivity contribution in [3.05, 3.63) is 24.3 Å². The third-order valence-electron chi connectivity index (χ3n) is 4.12. The van der Waals surface area contributed by atoms with Crippen LogP contribution in [0, 0.1) is 0 Å². The van der Waals surface area contributed by atoms with Crippen molar-refractivity contribution in [2.24, 2.45) is 10.9 Å². The number of benzene rings is 1. The second-order valence-electron chi connectivity index (χ2n) is 5.67. The first kappa shape index (κ1) is 16.3. The van der Waals surface area contributed by atoms with E-state index in [0.717, 1.165) is 18.7 Å². The molecule has 1 aliphatic carbocycles. The first-order valence-electron chi connectivity index (χ1n) is 7.62. The van der Waals surface area contributed by atoms with Gasteiger partial charge in [0.2, 0.25) is 10.0 Å². The largest absolute Gasteiger partial charge is 0.369 e. The van der Waals surface area contributed by atoms with Crippen LogP contribution in [-0.2, 0) is 10.0 Å². The topological polar surface area (TPSA) is 89.4 Å². The number of hydrogen-bond acceptors (Lipinski definition) is 4. The summed E-state index contributed by atoms with van der Waals surface area (Å²) in [5.41, 5.74) is 6.70. The van der Waals surface area contributed by atoms with Crippen LogP contribution >= 0.6 is 0 Å². The van der Waals surface area contributed by atoms with Crippen molar-refractivity contribution in [2.45, 2.75) is 49.5 Å². The number of nitrogens with zero attached hydrogens (tertiary/aromatic N) is 1. The number of primary sulfonamides is 1. The second-order valence-corrected chi connectivity index (χ2v) is 7.23. The molecular weight excluding hydrogens is 286 g/mol. The number of rotatable bonds is 6. The van der Waals surface area contributed by atoms with Crippen molar-refractivity contribution in [2.75, 3.05) is 18.0 Å². The third-order valence-corrected chi connectivity index (χ3v) is 5.04. The Labute approximate surface area is 127 Å². The summed E-state index contributed by atoms with van der Waals surface area (Å²) in [5.74, 6) is 0. The highest BCUT2D eigenvalue weighted by Gasteiger charge is 2.21. The minimum atomic E-state index is -3.63. The smallest absolute Gasteiger partial charge is 0.238 e. The molecule has 0 atom stereocenters. The van der Waals surface area contributed by atoms with Crippen molar-refractivity contribution in [3.8, 4) is 0 Å². The maximum atomic E-state index is 11.3. The fourth-order valence-corrected chi connectivity index (χ4v) is 3.52. The summed E-state index contributed by atoms with van der Waals surface area (Å²) >= 11 is 0. The van der Waals surface area contributed by atoms with E-state index in [1.54, 1.807) is 12.1 Å². The molecule has 1 aromatic carbocycles. The lowest BCUT2D eigenvalue weighted by Crippen LogP contribution is -2.38. The van der Waals surface area contributed by atoms with E-state index in [1.165, 1.54) is 32.1 Å². The van der Waals surface area contributed by atoms with E-state index >= 15 is 0 Å². The molecule has 1 saturated carbocycles. The van der Waals surface area contributed by atoms with Gasteiger partial charge in [0.25, 0.3) is 0 Å². The van der Waals surface area contributed by atoms with Gasteiger partial charge in [-0.1, -0.05) is 19.3 Å². The van der Waals surface area contributed by atoms with Crippen molar-refractivity contribution in [3.63, 3.8) is 0 Å². The summed E-state index contributed by atoms with van der Waals surface area (Å²) in [6.45, 7) is 1.58. The van der Waals surface area contributed by atoms with Crippen LogP contribution < -0.4 is 15.8 Å². The van der Waals surface area contributed by atoms with Crippen LogP contribution in [-0.4, -0.2) is 27.5 Å². The fraction of sp³-hybridized carbons (Fsp3) is 0.600. The lowest BCUT2D eigenvalue weighted by molar-refractivity contribution is 0.413. The van der Waals surface area contributed by atoms with Crippen LogP contribution in [0.3, 0.4) is 0 Å². The lowest BCUT2D eigenvalue weighted by atomic mass is 9.93. The van der Waals surface area contributed by atoms with Crippen LogP contribution in [0.1, 0.15) is 38.5 Å². The summed E-state index contributed by atoms with van der Waals surface area (Å²) < 4.78 is 22.7. The van der Waals surface area contributed by atoms with Gasteiger partial charge in [-0.2, -0.15) is 0 Å². The highest BCUT2D eigenvalue weighted by molar-refractivity contribution is 7.89. The Bertz CT molecular complexity index is 537. The number of nitrogens with two attached hydrogens (primary N) is 2. The van der Waals surface area contributed by atoms with Gasteiger partial charge < -0.3 is 10.6 Å². The minimum Gasteiger partial charge on any atom is -0.369 e. The Morgan fingerprint density at radius 2 is 1.71 bits per heavy atom. The van der Waals surface area contributed by atoms with Crippen molar-refractivity contribution >= 4 is 15.7 Å². The zero-order chi connectivity index (χ0) is 15.3. The molecule has 5 nitrogen and oxygen atoms in total. The highest BCUT2D eigenvalue weighted by atomic mass is 32.2. The molecule has 21 heavy (non-hydrogen) atoms. The van der Waals surface area contributed by atoms with Gasteiger partial charge in [-0.15, -0.1) is 0 Å². The van der Waals surface area contributed by atoms with Crippen LogP contribution in [0.15, 0.2) is 29.2 Å². The van der Waals surface area contributed by atoms with Gasteiger partial charge in [0.1, 0.15) is 0 Å². The Balaban J connectivity index is 2.19. The molecule has 1 fully saturated rings. The predicted molar refractivity (Wildman–Crippen MR) is 85.7 cm³/mol. The minimum absolute atomic E-state index is 0.161. The molecule has 0 amide bonds. The Hall–Kier alpha value is -1.11. The van der Waals surface area contributed by atoms with E-state index in [2.05, 4.69) is 4.90 Å². The fourth-order valence-electron chi connectivity index (χ4n) is 3.00. The predicted octanol–water partition coefficient (Wildman–Crippen LogP) is 1.82. The standard InChI is InChI=1S/C15H25N3O2S/c16-11-4-12-18(13-5-2-1-3-6-13)14-7-9-15(10-8-14)21(17,19)20/h7-10,13H,1-6,11-12,16H2,(H2,17,19,20). The molecule has 2 rings (SSSR count). The Kier molecular flexibility index (Phi) is 5.61. The number of anilines is 1. The Morgan fingerprint density at radius 3 is 2.24 bits per heavy atom. The van der Waals surface area contributed by atoms with E-state index in [-0.39, 0.29) is 4.90 Å². The zero-order valence-electron chi connectivity index (χ0n) is 12.4. The molecule has 1 aliphatic rings. The maximum Gasteiger partial charge on any atom is 0.238 e. The highest BCUT2D eigenvalue weighted by Crippen LogP contribution is 2.28. The van der Waals surface area contributed by atoms with Crippen molar-refractivity contribution in [1.29, 1.82) is 0 Å². The molecular formula is C15H25N3O2S. The number of hydrogen-bond donors (Lipinski definition) is 2. The second kappa shape index (κ2) is 7.24. The lowest BCUT2D eigenvalue weighted by Gasteiger charge is -2.36. The summed E-state index contributed by atoms with van der Waals surface area (Å²) in [5, 5.41) is 5.15. The average Bonchev–Trinajstić information content (AvgIpc) is 2.48. The first-order chi connectivity index (χ1) is 10.0. The summed E-state index contributed by atoms with van der Waals surface area (Å²) in [6, 6.07) is 7.41. The monoisotopic (exact) mass is 311 g/mol. The van der Waals surface area contributed by atoms with Gasteiger partial charge in [-0.3, -0.25) is 0 Å². The molecule has 0 aliphatic heterocycles. The van der Waals surface area contributed by atoms with Gasteiger partial charge in [0.05, 0.1) is 4.90 Å². The molecule has 0 bridgehead atoms. The Morgan fingerprint density at radius 1 is 1.10 bits per heavy atom. The molecule has 0 heterocycles. The van der Waals surface area contributed by atoms with E-state index in [9.17, 15) is 8.42 Å². The molecule has 0 spiro atoms. The molecule has 0 aromatic heterocycles. The zero-order valence-corrected chi connectivity index (χ0v) is 13.2. The molecule has 1 aromatic rings. The SMILES string of the molecule is NCCCN(c1ccc(S(N)(=O)=O)cc1)C1CCCCC1. The molecule has 0 saturated heterocycles. The summed E-state index contributed by atoms with van der Waals surface area (Å²) in [7, 11) is -3.63. The summed E-state index contributed by atoms with van der Waals surface area (Å²) in [6.07, 6.45) is 7.17. The van der Waals surface area contributed by atoms with Gasteiger partial charge in [-0.05, 0) is 50.1 Å². The van der Waals surface area contributed by atoms with Crippen LogP contribution in [0.5, 0.6) is 0 Å². The normalized spacial score (nSPS) is 16.9. The number of sulfonamides is 1.